The number of carboxylic acids is 1. The van der Waals surface area contributed by atoms with Crippen molar-refractivity contribution in [3.05, 3.63) is 64.7 Å². The molecular formula is C17H13F3N2O2S. The summed E-state index contributed by atoms with van der Waals surface area (Å²) in [7, 11) is 0. The zero-order chi connectivity index (χ0) is 18.2. The van der Waals surface area contributed by atoms with Crippen LogP contribution in [-0.4, -0.2) is 20.9 Å². The molecule has 0 fully saturated rings. The van der Waals surface area contributed by atoms with E-state index in [1.807, 2.05) is 0 Å². The summed E-state index contributed by atoms with van der Waals surface area (Å²) >= 11 is 0.892. The van der Waals surface area contributed by atoms with E-state index in [2.05, 4.69) is 5.10 Å². The number of benzene rings is 1. The molecule has 2 heterocycles. The van der Waals surface area contributed by atoms with Crippen molar-refractivity contribution in [2.24, 2.45) is 0 Å². The summed E-state index contributed by atoms with van der Waals surface area (Å²) in [6.45, 7) is 1.64. The van der Waals surface area contributed by atoms with E-state index in [-0.39, 0.29) is 10.6 Å². The van der Waals surface area contributed by atoms with Gasteiger partial charge in [-0.2, -0.15) is 18.3 Å². The van der Waals surface area contributed by atoms with Gasteiger partial charge in [-0.1, -0.05) is 30.3 Å². The van der Waals surface area contributed by atoms with Crippen molar-refractivity contribution in [1.82, 2.24) is 9.78 Å². The Morgan fingerprint density at radius 1 is 1.20 bits per heavy atom. The molecule has 1 atom stereocenters. The lowest BCUT2D eigenvalue weighted by atomic mass is 10.1. The van der Waals surface area contributed by atoms with Crippen LogP contribution >= 0.6 is 11.3 Å². The minimum atomic E-state index is -4.57. The van der Waals surface area contributed by atoms with Gasteiger partial charge in [0.15, 0.2) is 0 Å². The fraction of sp³-hybridized carbons (Fsp3) is 0.176. The molecule has 0 spiro atoms. The molecule has 4 nitrogen and oxygen atoms in total. The third-order valence-electron chi connectivity index (χ3n) is 3.74. The van der Waals surface area contributed by atoms with Gasteiger partial charge in [-0.05, 0) is 30.7 Å². The number of aromatic carboxylic acids is 1. The monoisotopic (exact) mass is 366 g/mol. The van der Waals surface area contributed by atoms with Crippen LogP contribution in [0, 0.1) is 0 Å². The zero-order valence-corrected chi connectivity index (χ0v) is 13.8. The van der Waals surface area contributed by atoms with Crippen molar-refractivity contribution in [3.63, 3.8) is 0 Å². The smallest absolute Gasteiger partial charge is 0.433 e. The number of alkyl halides is 3. The highest BCUT2D eigenvalue weighted by molar-refractivity contribution is 7.17. The number of hydrogen-bond donors (Lipinski definition) is 1. The maximum absolute atomic E-state index is 13.4. The highest BCUT2D eigenvalue weighted by atomic mass is 32.1. The van der Waals surface area contributed by atoms with Gasteiger partial charge < -0.3 is 5.11 Å². The van der Waals surface area contributed by atoms with Gasteiger partial charge >= 0.3 is 12.1 Å². The highest BCUT2D eigenvalue weighted by Gasteiger charge is 2.37. The predicted octanol–water partition coefficient (Wildman–Crippen LogP) is 4.94. The fourth-order valence-electron chi connectivity index (χ4n) is 2.49. The van der Waals surface area contributed by atoms with E-state index in [9.17, 15) is 18.0 Å². The summed E-state index contributed by atoms with van der Waals surface area (Å²) in [5, 5.41) is 13.1. The first kappa shape index (κ1) is 17.2. The van der Waals surface area contributed by atoms with E-state index >= 15 is 0 Å². The molecule has 0 bridgehead atoms. The van der Waals surface area contributed by atoms with Gasteiger partial charge in [-0.15, -0.1) is 11.3 Å². The standard InChI is InChI=1S/C17H13F3N2O2S/c1-10(11-5-3-2-4-6-11)22-15(17(18,19)20)9-12(21-22)13-7-8-14(25-13)16(23)24/h2-10H,1H3,(H,23,24). The second kappa shape index (κ2) is 6.36. The van der Waals surface area contributed by atoms with E-state index in [1.165, 1.54) is 12.1 Å². The average Bonchev–Trinajstić information content (AvgIpc) is 3.21. The van der Waals surface area contributed by atoms with Gasteiger partial charge in [0, 0.05) is 0 Å². The van der Waals surface area contributed by atoms with Gasteiger partial charge in [0.25, 0.3) is 0 Å². The molecule has 0 aliphatic carbocycles. The molecule has 3 rings (SSSR count). The Labute approximate surface area is 145 Å². The molecule has 130 valence electrons. The van der Waals surface area contributed by atoms with E-state index in [1.54, 1.807) is 37.3 Å². The topological polar surface area (TPSA) is 55.1 Å². The Bertz CT molecular complexity index is 900. The number of rotatable bonds is 4. The third kappa shape index (κ3) is 3.43. The molecule has 3 aromatic rings. The SMILES string of the molecule is CC(c1ccccc1)n1nc(-c2ccc(C(=O)O)s2)cc1C(F)(F)F. The van der Waals surface area contributed by atoms with E-state index in [0.29, 0.717) is 10.4 Å². The van der Waals surface area contributed by atoms with Crippen LogP contribution in [0.15, 0.2) is 48.5 Å². The van der Waals surface area contributed by atoms with E-state index in [4.69, 9.17) is 5.11 Å². The lowest BCUT2D eigenvalue weighted by Crippen LogP contribution is -2.18. The Morgan fingerprint density at radius 3 is 2.44 bits per heavy atom. The van der Waals surface area contributed by atoms with Gasteiger partial charge in [-0.25, -0.2) is 4.79 Å². The first-order valence-electron chi connectivity index (χ1n) is 7.32. The molecule has 1 N–H and O–H groups in total. The molecule has 1 aromatic carbocycles. The molecule has 2 aromatic heterocycles. The van der Waals surface area contributed by atoms with Crippen molar-refractivity contribution in [1.29, 1.82) is 0 Å². The molecule has 0 saturated carbocycles. The Kier molecular flexibility index (Phi) is 4.38. The van der Waals surface area contributed by atoms with Gasteiger partial charge in [-0.3, -0.25) is 4.68 Å². The van der Waals surface area contributed by atoms with Crippen LogP contribution in [0.3, 0.4) is 0 Å². The lowest BCUT2D eigenvalue weighted by molar-refractivity contribution is -0.144. The van der Waals surface area contributed by atoms with E-state index in [0.717, 1.165) is 22.1 Å². The zero-order valence-electron chi connectivity index (χ0n) is 13.0. The maximum Gasteiger partial charge on any atom is 0.433 e. The molecule has 0 amide bonds. The number of carboxylic acid groups (broad SMARTS) is 1. The fourth-order valence-corrected chi connectivity index (χ4v) is 3.29. The second-order valence-corrected chi connectivity index (χ2v) is 6.50. The second-order valence-electron chi connectivity index (χ2n) is 5.41. The Morgan fingerprint density at radius 2 is 1.88 bits per heavy atom. The number of thiophene rings is 1. The van der Waals surface area contributed by atoms with Crippen LogP contribution in [0.1, 0.15) is 33.9 Å². The summed E-state index contributed by atoms with van der Waals surface area (Å²) in [6, 6.07) is 11.9. The van der Waals surface area contributed by atoms with Gasteiger partial charge in [0.1, 0.15) is 16.3 Å². The van der Waals surface area contributed by atoms with Crippen LogP contribution in [0.5, 0.6) is 0 Å². The molecule has 25 heavy (non-hydrogen) atoms. The largest absolute Gasteiger partial charge is 0.477 e. The average molecular weight is 366 g/mol. The summed E-state index contributed by atoms with van der Waals surface area (Å²) in [4.78, 5) is 11.4. The van der Waals surface area contributed by atoms with Gasteiger partial charge in [0.05, 0.1) is 10.9 Å². The Balaban J connectivity index is 2.08. The number of halogens is 3. The lowest BCUT2D eigenvalue weighted by Gasteiger charge is -2.17. The molecule has 0 aliphatic rings. The van der Waals surface area contributed by atoms with Gasteiger partial charge in [0.2, 0.25) is 0 Å². The van der Waals surface area contributed by atoms with Crippen molar-refractivity contribution < 1.29 is 23.1 Å². The highest BCUT2D eigenvalue weighted by Crippen LogP contribution is 2.37. The number of carbonyl (C=O) groups is 1. The summed E-state index contributed by atoms with van der Waals surface area (Å²) < 4.78 is 41.2. The van der Waals surface area contributed by atoms with Crippen molar-refractivity contribution in [2.75, 3.05) is 0 Å². The number of nitrogens with zero attached hydrogens (tertiary/aromatic N) is 2. The first-order valence-corrected chi connectivity index (χ1v) is 8.14. The predicted molar refractivity (Wildman–Crippen MR) is 87.8 cm³/mol. The first-order chi connectivity index (χ1) is 11.8. The maximum atomic E-state index is 13.4. The summed E-state index contributed by atoms with van der Waals surface area (Å²) in [5.74, 6) is -1.12. The number of hydrogen-bond acceptors (Lipinski definition) is 3. The van der Waals surface area contributed by atoms with Crippen molar-refractivity contribution >= 4 is 17.3 Å². The molecule has 0 radical (unpaired) electrons. The molecule has 1 unspecified atom stereocenters. The number of aromatic nitrogens is 2. The molecule has 0 aliphatic heterocycles. The van der Waals surface area contributed by atoms with Crippen LogP contribution < -0.4 is 0 Å². The Hall–Kier alpha value is -2.61. The van der Waals surface area contributed by atoms with Crippen molar-refractivity contribution in [3.8, 4) is 10.6 Å². The van der Waals surface area contributed by atoms with E-state index < -0.39 is 23.9 Å². The summed E-state index contributed by atoms with van der Waals surface area (Å²) in [5.41, 5.74) is -0.0724. The van der Waals surface area contributed by atoms with Crippen LogP contribution in [0.2, 0.25) is 0 Å². The quantitative estimate of drug-likeness (QED) is 0.712. The molecular weight excluding hydrogens is 353 g/mol. The van der Waals surface area contributed by atoms with Crippen molar-refractivity contribution in [2.45, 2.75) is 19.1 Å². The minimum absolute atomic E-state index is 0.0502. The third-order valence-corrected chi connectivity index (χ3v) is 4.84. The van der Waals surface area contributed by atoms with Crippen LogP contribution in [-0.2, 0) is 6.18 Å². The van der Waals surface area contributed by atoms with Crippen LogP contribution in [0.4, 0.5) is 13.2 Å². The molecule has 8 heteroatoms. The normalized spacial score (nSPS) is 13.0. The summed E-state index contributed by atoms with van der Waals surface area (Å²) in [6.07, 6.45) is -4.57. The minimum Gasteiger partial charge on any atom is -0.477 e. The van der Waals surface area contributed by atoms with Crippen LogP contribution in [0.25, 0.3) is 10.6 Å². The molecule has 0 saturated heterocycles.